The fraction of sp³-hybridized carbons (Fsp3) is 0.579. The zero-order chi connectivity index (χ0) is 16.1. The molecule has 1 saturated heterocycles. The second kappa shape index (κ2) is 7.80. The fourth-order valence-electron chi connectivity index (χ4n) is 3.30. The van der Waals surface area contributed by atoms with Crippen molar-refractivity contribution in [2.75, 3.05) is 40.8 Å². The summed E-state index contributed by atoms with van der Waals surface area (Å²) in [4.78, 5) is 4.95. The summed E-state index contributed by atoms with van der Waals surface area (Å²) in [6.07, 6.45) is 4.48. The molecule has 0 N–H and O–H groups in total. The number of ether oxygens (including phenoxy) is 1. The standard InChI is InChI=1S/C19H30N2O/c1-15(2)18-13-21(14-19(18)20(3)4)12-6-7-16-8-10-17(22-5)11-9-16/h6-11,15,18-19H,12-14H2,1-5H3/b7-6+/t18-,19+/m0/s1. The number of likely N-dealkylation sites (N-methyl/N-ethyl adjacent to an activating group) is 1. The van der Waals surface area contributed by atoms with Gasteiger partial charge in [-0.2, -0.15) is 0 Å². The average Bonchev–Trinajstić information content (AvgIpc) is 2.93. The molecule has 1 heterocycles. The summed E-state index contributed by atoms with van der Waals surface area (Å²) in [6.45, 7) is 8.09. The van der Waals surface area contributed by atoms with Gasteiger partial charge in [0.05, 0.1) is 7.11 Å². The van der Waals surface area contributed by atoms with Crippen LogP contribution in [0.4, 0.5) is 0 Å². The van der Waals surface area contributed by atoms with E-state index in [2.05, 4.69) is 62.0 Å². The summed E-state index contributed by atoms with van der Waals surface area (Å²) in [5, 5.41) is 0. The lowest BCUT2D eigenvalue weighted by Crippen LogP contribution is -2.37. The average molecular weight is 302 g/mol. The van der Waals surface area contributed by atoms with E-state index >= 15 is 0 Å². The Hall–Kier alpha value is -1.32. The Morgan fingerprint density at radius 2 is 1.91 bits per heavy atom. The molecule has 1 aliphatic heterocycles. The molecule has 0 radical (unpaired) electrons. The van der Waals surface area contributed by atoms with Crippen LogP contribution in [0.1, 0.15) is 19.4 Å². The Morgan fingerprint density at radius 1 is 1.23 bits per heavy atom. The minimum Gasteiger partial charge on any atom is -0.497 e. The van der Waals surface area contributed by atoms with Gasteiger partial charge < -0.3 is 9.64 Å². The third kappa shape index (κ3) is 4.34. The number of hydrogen-bond acceptors (Lipinski definition) is 3. The molecule has 1 fully saturated rings. The first-order valence-corrected chi connectivity index (χ1v) is 8.20. The quantitative estimate of drug-likeness (QED) is 0.802. The molecule has 0 unspecified atom stereocenters. The van der Waals surface area contributed by atoms with E-state index in [1.54, 1.807) is 7.11 Å². The Balaban J connectivity index is 1.89. The monoisotopic (exact) mass is 302 g/mol. The van der Waals surface area contributed by atoms with Gasteiger partial charge in [0.1, 0.15) is 5.75 Å². The van der Waals surface area contributed by atoms with Crippen LogP contribution in [0.15, 0.2) is 30.3 Å². The predicted octanol–water partition coefficient (Wildman–Crippen LogP) is 3.23. The molecule has 2 rings (SSSR count). The van der Waals surface area contributed by atoms with E-state index in [1.165, 1.54) is 18.7 Å². The molecule has 122 valence electrons. The van der Waals surface area contributed by atoms with Crippen LogP contribution < -0.4 is 4.74 Å². The highest BCUT2D eigenvalue weighted by Gasteiger charge is 2.35. The van der Waals surface area contributed by atoms with Crippen molar-refractivity contribution in [3.63, 3.8) is 0 Å². The van der Waals surface area contributed by atoms with Crippen LogP contribution in [-0.2, 0) is 0 Å². The van der Waals surface area contributed by atoms with Gasteiger partial charge in [-0.05, 0) is 43.6 Å². The molecule has 0 amide bonds. The molecule has 3 heteroatoms. The molecule has 22 heavy (non-hydrogen) atoms. The van der Waals surface area contributed by atoms with Crippen molar-refractivity contribution in [1.29, 1.82) is 0 Å². The topological polar surface area (TPSA) is 15.7 Å². The van der Waals surface area contributed by atoms with E-state index in [0.29, 0.717) is 6.04 Å². The molecule has 1 aromatic rings. The highest BCUT2D eigenvalue weighted by Crippen LogP contribution is 2.27. The van der Waals surface area contributed by atoms with Crippen molar-refractivity contribution >= 4 is 6.08 Å². The second-order valence-corrected chi connectivity index (χ2v) is 6.83. The zero-order valence-corrected chi connectivity index (χ0v) is 14.6. The van der Waals surface area contributed by atoms with Gasteiger partial charge in [0.25, 0.3) is 0 Å². The summed E-state index contributed by atoms with van der Waals surface area (Å²) < 4.78 is 5.19. The number of hydrogen-bond donors (Lipinski definition) is 0. The van der Waals surface area contributed by atoms with Gasteiger partial charge in [-0.3, -0.25) is 4.90 Å². The Bertz CT molecular complexity index is 463. The molecule has 0 aliphatic carbocycles. The first-order chi connectivity index (χ1) is 10.5. The third-order valence-corrected chi connectivity index (χ3v) is 4.72. The van der Waals surface area contributed by atoms with E-state index in [9.17, 15) is 0 Å². The van der Waals surface area contributed by atoms with Crippen LogP contribution in [0.5, 0.6) is 5.75 Å². The Labute approximate surface area is 135 Å². The third-order valence-electron chi connectivity index (χ3n) is 4.72. The van der Waals surface area contributed by atoms with E-state index < -0.39 is 0 Å². The lowest BCUT2D eigenvalue weighted by atomic mass is 9.91. The van der Waals surface area contributed by atoms with E-state index in [4.69, 9.17) is 4.74 Å². The van der Waals surface area contributed by atoms with Crippen LogP contribution in [0.2, 0.25) is 0 Å². The Morgan fingerprint density at radius 3 is 2.41 bits per heavy atom. The van der Waals surface area contributed by atoms with Crippen molar-refractivity contribution in [3.8, 4) is 5.75 Å². The van der Waals surface area contributed by atoms with Gasteiger partial charge in [0.2, 0.25) is 0 Å². The van der Waals surface area contributed by atoms with E-state index in [-0.39, 0.29) is 0 Å². The SMILES string of the molecule is COc1ccc(/C=C/CN2C[C@@H](N(C)C)[C@H](C(C)C)C2)cc1. The maximum absolute atomic E-state index is 5.19. The second-order valence-electron chi connectivity index (χ2n) is 6.83. The largest absolute Gasteiger partial charge is 0.497 e. The molecule has 0 bridgehead atoms. The summed E-state index contributed by atoms with van der Waals surface area (Å²) in [7, 11) is 6.11. The molecule has 1 aromatic carbocycles. The molecular formula is C19H30N2O. The van der Waals surface area contributed by atoms with Crippen LogP contribution in [0.25, 0.3) is 6.08 Å². The fourth-order valence-corrected chi connectivity index (χ4v) is 3.30. The molecule has 3 nitrogen and oxygen atoms in total. The van der Waals surface area contributed by atoms with Crippen LogP contribution in [0.3, 0.4) is 0 Å². The predicted molar refractivity (Wildman–Crippen MR) is 94.3 cm³/mol. The van der Waals surface area contributed by atoms with Crippen molar-refractivity contribution in [2.45, 2.75) is 19.9 Å². The molecule has 0 aromatic heterocycles. The molecule has 2 atom stereocenters. The zero-order valence-electron chi connectivity index (χ0n) is 14.6. The van der Waals surface area contributed by atoms with Gasteiger partial charge in [-0.1, -0.05) is 38.1 Å². The number of nitrogens with zero attached hydrogens (tertiary/aromatic N) is 2. The number of benzene rings is 1. The van der Waals surface area contributed by atoms with Crippen molar-refractivity contribution in [3.05, 3.63) is 35.9 Å². The number of likely N-dealkylation sites (tertiary alicyclic amines) is 1. The summed E-state index contributed by atoms with van der Waals surface area (Å²) in [5.74, 6) is 2.41. The lowest BCUT2D eigenvalue weighted by molar-refractivity contribution is 0.215. The van der Waals surface area contributed by atoms with Crippen LogP contribution >= 0.6 is 0 Å². The van der Waals surface area contributed by atoms with Gasteiger partial charge >= 0.3 is 0 Å². The normalized spacial score (nSPS) is 23.0. The number of methoxy groups -OCH3 is 1. The highest BCUT2D eigenvalue weighted by atomic mass is 16.5. The van der Waals surface area contributed by atoms with Crippen molar-refractivity contribution < 1.29 is 4.74 Å². The summed E-state index contributed by atoms with van der Waals surface area (Å²) in [5.41, 5.74) is 1.23. The summed E-state index contributed by atoms with van der Waals surface area (Å²) in [6, 6.07) is 8.88. The van der Waals surface area contributed by atoms with Gasteiger partial charge in [-0.25, -0.2) is 0 Å². The molecule has 0 saturated carbocycles. The first kappa shape index (κ1) is 17.0. The Kier molecular flexibility index (Phi) is 6.04. The highest BCUT2D eigenvalue weighted by molar-refractivity contribution is 5.50. The molecule has 1 aliphatic rings. The van der Waals surface area contributed by atoms with Crippen LogP contribution in [0, 0.1) is 11.8 Å². The van der Waals surface area contributed by atoms with Gasteiger partial charge in [0, 0.05) is 25.7 Å². The number of rotatable bonds is 6. The minimum absolute atomic E-state index is 0.675. The molecule has 0 spiro atoms. The van der Waals surface area contributed by atoms with Gasteiger partial charge in [-0.15, -0.1) is 0 Å². The maximum atomic E-state index is 5.19. The van der Waals surface area contributed by atoms with Crippen LogP contribution in [-0.4, -0.2) is 56.7 Å². The lowest BCUT2D eigenvalue weighted by Gasteiger charge is -2.27. The summed E-state index contributed by atoms with van der Waals surface area (Å²) >= 11 is 0. The van der Waals surface area contributed by atoms with Crippen molar-refractivity contribution in [2.24, 2.45) is 11.8 Å². The van der Waals surface area contributed by atoms with E-state index in [0.717, 1.165) is 24.1 Å². The van der Waals surface area contributed by atoms with E-state index in [1.807, 2.05) is 12.1 Å². The van der Waals surface area contributed by atoms with Gasteiger partial charge in [0.15, 0.2) is 0 Å². The smallest absolute Gasteiger partial charge is 0.118 e. The minimum atomic E-state index is 0.675. The van der Waals surface area contributed by atoms with Crippen molar-refractivity contribution in [1.82, 2.24) is 9.80 Å². The first-order valence-electron chi connectivity index (χ1n) is 8.20. The molecular weight excluding hydrogens is 272 g/mol. The maximum Gasteiger partial charge on any atom is 0.118 e.